The van der Waals surface area contributed by atoms with E-state index < -0.39 is 6.04 Å². The molecule has 112 valence electrons. The van der Waals surface area contributed by atoms with Crippen LogP contribution in [0, 0.1) is 17.2 Å². The van der Waals surface area contributed by atoms with Crippen LogP contribution < -0.4 is 10.9 Å². The minimum atomic E-state index is -0.593. The Labute approximate surface area is 128 Å². The fourth-order valence-electron chi connectivity index (χ4n) is 2.26. The fourth-order valence-corrected chi connectivity index (χ4v) is 2.26. The van der Waals surface area contributed by atoms with Gasteiger partial charge in [0, 0.05) is 18.0 Å². The lowest BCUT2D eigenvalue weighted by Gasteiger charge is -2.22. The van der Waals surface area contributed by atoms with E-state index in [4.69, 9.17) is 5.26 Å². The molecule has 5 nitrogen and oxygen atoms in total. The minimum absolute atomic E-state index is 0.0431. The number of hydrogen-bond acceptors (Lipinski definition) is 3. The van der Waals surface area contributed by atoms with Gasteiger partial charge in [-0.05, 0) is 36.2 Å². The number of benzene rings is 1. The van der Waals surface area contributed by atoms with E-state index in [1.54, 1.807) is 42.6 Å². The zero-order valence-electron chi connectivity index (χ0n) is 12.5. The van der Waals surface area contributed by atoms with Crippen molar-refractivity contribution in [3.63, 3.8) is 0 Å². The molecule has 5 heteroatoms. The number of nitrogens with one attached hydrogen (secondary N) is 1. The maximum Gasteiger partial charge on any atom is 0.251 e. The Morgan fingerprint density at radius 2 is 1.86 bits per heavy atom. The van der Waals surface area contributed by atoms with Crippen molar-refractivity contribution < 1.29 is 4.79 Å². The number of hydrogen-bond donors (Lipinski definition) is 1. The summed E-state index contributed by atoms with van der Waals surface area (Å²) in [6.07, 6.45) is 1.62. The molecule has 2 rings (SSSR count). The van der Waals surface area contributed by atoms with Crippen molar-refractivity contribution in [2.24, 2.45) is 5.92 Å². The van der Waals surface area contributed by atoms with Crippen molar-refractivity contribution >= 4 is 11.6 Å². The van der Waals surface area contributed by atoms with Crippen LogP contribution >= 0.6 is 0 Å². The number of pyridine rings is 1. The molecule has 0 saturated carbocycles. The smallest absolute Gasteiger partial charge is 0.251 e. The summed E-state index contributed by atoms with van der Waals surface area (Å²) in [6, 6.07) is 12.8. The van der Waals surface area contributed by atoms with Crippen LogP contribution in [0.15, 0.2) is 53.5 Å². The first kappa shape index (κ1) is 15.5. The molecule has 2 aromatic rings. The van der Waals surface area contributed by atoms with E-state index in [9.17, 15) is 9.59 Å². The summed E-state index contributed by atoms with van der Waals surface area (Å²) < 4.78 is 1.43. The summed E-state index contributed by atoms with van der Waals surface area (Å²) >= 11 is 0. The van der Waals surface area contributed by atoms with Crippen molar-refractivity contribution in [2.75, 3.05) is 5.32 Å². The third-order valence-electron chi connectivity index (χ3n) is 3.33. The second-order valence-corrected chi connectivity index (χ2v) is 5.31. The molecule has 0 radical (unpaired) electrons. The Kier molecular flexibility index (Phi) is 4.74. The lowest BCUT2D eigenvalue weighted by atomic mass is 10.0. The van der Waals surface area contributed by atoms with Crippen LogP contribution in [-0.4, -0.2) is 10.5 Å². The molecule has 0 bridgehead atoms. The van der Waals surface area contributed by atoms with E-state index >= 15 is 0 Å². The highest BCUT2D eigenvalue weighted by molar-refractivity contribution is 5.93. The van der Waals surface area contributed by atoms with Crippen LogP contribution in [0.5, 0.6) is 0 Å². The molecule has 1 atom stereocenters. The zero-order chi connectivity index (χ0) is 16.1. The second-order valence-electron chi connectivity index (χ2n) is 5.31. The maximum atomic E-state index is 12.5. The quantitative estimate of drug-likeness (QED) is 0.942. The molecular weight excluding hydrogens is 278 g/mol. The van der Waals surface area contributed by atoms with Gasteiger partial charge in [-0.2, -0.15) is 5.26 Å². The van der Waals surface area contributed by atoms with Crippen molar-refractivity contribution in [1.82, 2.24) is 4.57 Å². The number of nitrogens with zero attached hydrogens (tertiary/aromatic N) is 2. The molecule has 1 aromatic carbocycles. The summed E-state index contributed by atoms with van der Waals surface area (Å²) in [7, 11) is 0. The molecule has 1 N–H and O–H groups in total. The third-order valence-corrected chi connectivity index (χ3v) is 3.33. The van der Waals surface area contributed by atoms with Gasteiger partial charge in [-0.25, -0.2) is 0 Å². The van der Waals surface area contributed by atoms with Gasteiger partial charge in [0.1, 0.15) is 6.04 Å². The molecule has 0 aliphatic carbocycles. The summed E-state index contributed by atoms with van der Waals surface area (Å²) in [5.74, 6) is -0.300. The number of carbonyl (C=O) groups is 1. The molecule has 1 unspecified atom stereocenters. The van der Waals surface area contributed by atoms with Gasteiger partial charge in [-0.3, -0.25) is 9.59 Å². The Hall–Kier alpha value is -2.87. The first-order valence-electron chi connectivity index (χ1n) is 7.01. The molecular formula is C17H17N3O2. The monoisotopic (exact) mass is 295 g/mol. The second kappa shape index (κ2) is 6.72. The predicted octanol–water partition coefficient (Wildman–Crippen LogP) is 2.56. The zero-order valence-corrected chi connectivity index (χ0v) is 12.5. The van der Waals surface area contributed by atoms with E-state index in [-0.39, 0.29) is 17.4 Å². The van der Waals surface area contributed by atoms with E-state index in [1.165, 1.54) is 10.6 Å². The van der Waals surface area contributed by atoms with Crippen molar-refractivity contribution in [2.45, 2.75) is 19.9 Å². The first-order valence-corrected chi connectivity index (χ1v) is 7.01. The molecule has 1 amide bonds. The van der Waals surface area contributed by atoms with Gasteiger partial charge in [0.2, 0.25) is 5.91 Å². The summed E-state index contributed by atoms with van der Waals surface area (Å²) in [6.45, 7) is 3.78. The topological polar surface area (TPSA) is 74.9 Å². The van der Waals surface area contributed by atoms with E-state index in [0.29, 0.717) is 11.3 Å². The number of nitriles is 1. The van der Waals surface area contributed by atoms with Gasteiger partial charge < -0.3 is 9.88 Å². The Balaban J connectivity index is 2.26. The molecule has 22 heavy (non-hydrogen) atoms. The Morgan fingerprint density at radius 3 is 2.41 bits per heavy atom. The minimum Gasteiger partial charge on any atom is -0.324 e. The normalized spacial score (nSPS) is 11.7. The summed E-state index contributed by atoms with van der Waals surface area (Å²) in [5.41, 5.74) is 0.910. The van der Waals surface area contributed by atoms with E-state index in [0.717, 1.165) is 0 Å². The first-order chi connectivity index (χ1) is 10.5. The SMILES string of the molecule is CC(C)C(C(=O)Nc1ccc(C#N)cc1)n1ccccc1=O. The number of anilines is 1. The Bertz CT molecular complexity index is 754. The van der Waals surface area contributed by atoms with Gasteiger partial charge in [0.05, 0.1) is 11.6 Å². The number of aromatic nitrogens is 1. The molecule has 0 aliphatic rings. The average molecular weight is 295 g/mol. The van der Waals surface area contributed by atoms with Crippen LogP contribution in [0.1, 0.15) is 25.5 Å². The van der Waals surface area contributed by atoms with Gasteiger partial charge in [-0.1, -0.05) is 19.9 Å². The molecule has 0 spiro atoms. The largest absolute Gasteiger partial charge is 0.324 e. The van der Waals surface area contributed by atoms with Crippen molar-refractivity contribution in [3.8, 4) is 6.07 Å². The molecule has 0 saturated heterocycles. The number of carbonyl (C=O) groups excluding carboxylic acids is 1. The number of amides is 1. The van der Waals surface area contributed by atoms with Crippen LogP contribution in [0.3, 0.4) is 0 Å². The van der Waals surface area contributed by atoms with E-state index in [2.05, 4.69) is 5.32 Å². The summed E-state index contributed by atoms with van der Waals surface area (Å²) in [4.78, 5) is 24.5. The molecule has 0 aliphatic heterocycles. The van der Waals surface area contributed by atoms with Crippen LogP contribution in [0.25, 0.3) is 0 Å². The van der Waals surface area contributed by atoms with E-state index in [1.807, 2.05) is 19.9 Å². The standard InChI is InChI=1S/C17H17N3O2/c1-12(2)16(20-10-4-3-5-15(20)21)17(22)19-14-8-6-13(11-18)7-9-14/h3-10,12,16H,1-2H3,(H,19,22). The van der Waals surface area contributed by atoms with Crippen molar-refractivity contribution in [1.29, 1.82) is 5.26 Å². The van der Waals surface area contributed by atoms with Gasteiger partial charge in [-0.15, -0.1) is 0 Å². The van der Waals surface area contributed by atoms with Gasteiger partial charge in [0.15, 0.2) is 0 Å². The van der Waals surface area contributed by atoms with Crippen LogP contribution in [0.2, 0.25) is 0 Å². The lowest BCUT2D eigenvalue weighted by Crippen LogP contribution is -2.35. The molecule has 0 fully saturated rings. The highest BCUT2D eigenvalue weighted by Crippen LogP contribution is 2.19. The third kappa shape index (κ3) is 3.41. The molecule has 1 heterocycles. The highest BCUT2D eigenvalue weighted by atomic mass is 16.2. The van der Waals surface area contributed by atoms with Gasteiger partial charge in [0.25, 0.3) is 5.56 Å². The summed E-state index contributed by atoms with van der Waals surface area (Å²) in [5, 5.41) is 11.6. The van der Waals surface area contributed by atoms with Gasteiger partial charge >= 0.3 is 0 Å². The fraction of sp³-hybridized carbons (Fsp3) is 0.235. The average Bonchev–Trinajstić information content (AvgIpc) is 2.50. The van der Waals surface area contributed by atoms with Crippen LogP contribution in [0.4, 0.5) is 5.69 Å². The number of rotatable bonds is 4. The molecule has 1 aromatic heterocycles. The highest BCUT2D eigenvalue weighted by Gasteiger charge is 2.24. The lowest BCUT2D eigenvalue weighted by molar-refractivity contribution is -0.120. The van der Waals surface area contributed by atoms with Crippen LogP contribution in [-0.2, 0) is 4.79 Å². The van der Waals surface area contributed by atoms with Crippen molar-refractivity contribution in [3.05, 3.63) is 64.6 Å². The predicted molar refractivity (Wildman–Crippen MR) is 84.4 cm³/mol. The Morgan fingerprint density at radius 1 is 1.18 bits per heavy atom. The maximum absolute atomic E-state index is 12.5.